The van der Waals surface area contributed by atoms with Crippen LogP contribution in [-0.4, -0.2) is 15.0 Å². The van der Waals surface area contributed by atoms with Crippen molar-refractivity contribution in [2.75, 3.05) is 0 Å². The van der Waals surface area contributed by atoms with E-state index < -0.39 is 0 Å². The van der Waals surface area contributed by atoms with Crippen LogP contribution in [0.5, 0.6) is 0 Å². The van der Waals surface area contributed by atoms with Gasteiger partial charge in [0.25, 0.3) is 0 Å². The highest BCUT2D eigenvalue weighted by atomic mass is 32.1. The molecular weight excluding hydrogens is 647 g/mol. The summed E-state index contributed by atoms with van der Waals surface area (Å²) in [5.74, 6) is 1.99. The molecule has 10 aromatic rings. The molecule has 0 aliphatic carbocycles. The van der Waals surface area contributed by atoms with Crippen molar-refractivity contribution in [2.24, 2.45) is 0 Å². The van der Waals surface area contributed by atoms with Gasteiger partial charge in [-0.25, -0.2) is 15.0 Å². The third kappa shape index (κ3) is 4.98. The molecule has 234 valence electrons. The van der Waals surface area contributed by atoms with Crippen molar-refractivity contribution >= 4 is 63.0 Å². The van der Waals surface area contributed by atoms with Crippen LogP contribution in [0.2, 0.25) is 0 Å². The summed E-state index contributed by atoms with van der Waals surface area (Å²) in [5, 5.41) is 4.88. The third-order valence-corrected chi connectivity index (χ3v) is 11.6. The minimum atomic E-state index is 0.654. The van der Waals surface area contributed by atoms with Gasteiger partial charge in [-0.15, -0.1) is 22.7 Å². The number of aromatic nitrogens is 3. The van der Waals surface area contributed by atoms with Crippen LogP contribution in [0.25, 0.3) is 96.8 Å². The summed E-state index contributed by atoms with van der Waals surface area (Å²) in [6, 6.07) is 58.0. The first-order valence-electron chi connectivity index (χ1n) is 16.6. The normalized spacial score (nSPS) is 11.6. The first-order chi connectivity index (χ1) is 24.7. The van der Waals surface area contributed by atoms with Gasteiger partial charge in [0.05, 0.1) is 0 Å². The lowest BCUT2D eigenvalue weighted by Crippen LogP contribution is -2.00. The highest BCUT2D eigenvalue weighted by Crippen LogP contribution is 2.40. The Morgan fingerprint density at radius 2 is 0.820 bits per heavy atom. The van der Waals surface area contributed by atoms with Gasteiger partial charge in [-0.3, -0.25) is 0 Å². The Morgan fingerprint density at radius 3 is 1.62 bits per heavy atom. The summed E-state index contributed by atoms with van der Waals surface area (Å²) in [5.41, 5.74) is 7.65. The van der Waals surface area contributed by atoms with Crippen LogP contribution in [0, 0.1) is 0 Å². The highest BCUT2D eigenvalue weighted by Gasteiger charge is 2.18. The largest absolute Gasteiger partial charge is 0.208 e. The Bertz CT molecular complexity index is 2870. The molecule has 0 radical (unpaired) electrons. The molecule has 0 atom stereocenters. The zero-order valence-corrected chi connectivity index (χ0v) is 28.4. The molecule has 3 aromatic heterocycles. The Labute approximate surface area is 296 Å². The summed E-state index contributed by atoms with van der Waals surface area (Å²) in [6.07, 6.45) is 0. The van der Waals surface area contributed by atoms with Crippen LogP contribution in [0.3, 0.4) is 0 Å². The second-order valence-electron chi connectivity index (χ2n) is 12.4. The molecule has 0 aliphatic rings. The van der Waals surface area contributed by atoms with Gasteiger partial charge in [-0.1, -0.05) is 121 Å². The molecule has 0 aliphatic heterocycles. The Kier molecular flexibility index (Phi) is 6.86. The fraction of sp³-hybridized carbons (Fsp3) is 0. The lowest BCUT2D eigenvalue weighted by molar-refractivity contribution is 1.08. The van der Waals surface area contributed by atoms with Crippen molar-refractivity contribution in [3.63, 3.8) is 0 Å². The minimum absolute atomic E-state index is 0.654. The number of thiophene rings is 2. The van der Waals surface area contributed by atoms with E-state index in [0.717, 1.165) is 22.3 Å². The molecule has 0 saturated heterocycles. The van der Waals surface area contributed by atoms with Crippen molar-refractivity contribution in [1.29, 1.82) is 0 Å². The molecule has 0 N–H and O–H groups in total. The molecule has 50 heavy (non-hydrogen) atoms. The van der Waals surface area contributed by atoms with Gasteiger partial charge in [0, 0.05) is 57.0 Å². The summed E-state index contributed by atoms with van der Waals surface area (Å²) in [6.45, 7) is 0. The van der Waals surface area contributed by atoms with Gasteiger partial charge < -0.3 is 0 Å². The van der Waals surface area contributed by atoms with E-state index in [1.54, 1.807) is 11.3 Å². The standard InChI is InChI=1S/C45H27N3S2/c1-2-10-28(11-3-1)31-12-8-13-32(26-31)29-20-22-30(23-21-29)43-46-44(33-24-25-40-37(27-33)34-14-4-6-17-38(34)49-40)48-45(47-43)36-16-9-19-41-42(36)35-15-5-7-18-39(35)50-41/h1-27H. The van der Waals surface area contributed by atoms with Crippen molar-refractivity contribution in [3.05, 3.63) is 164 Å². The van der Waals surface area contributed by atoms with Crippen molar-refractivity contribution in [3.8, 4) is 56.4 Å². The summed E-state index contributed by atoms with van der Waals surface area (Å²) in [7, 11) is 0. The van der Waals surface area contributed by atoms with Gasteiger partial charge in [-0.2, -0.15) is 0 Å². The first-order valence-corrected chi connectivity index (χ1v) is 18.2. The molecule has 0 bridgehead atoms. The molecule has 0 unspecified atom stereocenters. The zero-order chi connectivity index (χ0) is 33.0. The molecule has 5 heteroatoms. The van der Waals surface area contributed by atoms with Gasteiger partial charge in [-0.05, 0) is 64.7 Å². The fourth-order valence-corrected chi connectivity index (χ4v) is 9.12. The van der Waals surface area contributed by atoms with Crippen LogP contribution >= 0.6 is 22.7 Å². The Balaban J connectivity index is 1.13. The summed E-state index contributed by atoms with van der Waals surface area (Å²) >= 11 is 3.62. The predicted molar refractivity (Wildman–Crippen MR) is 213 cm³/mol. The Morgan fingerprint density at radius 1 is 0.300 bits per heavy atom. The maximum Gasteiger partial charge on any atom is 0.164 e. The van der Waals surface area contributed by atoms with Gasteiger partial charge in [0.2, 0.25) is 0 Å². The number of hydrogen-bond acceptors (Lipinski definition) is 5. The van der Waals surface area contributed by atoms with E-state index in [-0.39, 0.29) is 0 Å². The molecule has 0 fully saturated rings. The van der Waals surface area contributed by atoms with E-state index in [0.29, 0.717) is 17.5 Å². The van der Waals surface area contributed by atoms with E-state index in [4.69, 9.17) is 15.0 Å². The quantitative estimate of drug-likeness (QED) is 0.182. The molecule has 10 rings (SSSR count). The van der Waals surface area contributed by atoms with Gasteiger partial charge >= 0.3 is 0 Å². The summed E-state index contributed by atoms with van der Waals surface area (Å²) in [4.78, 5) is 15.5. The third-order valence-electron chi connectivity index (χ3n) is 9.36. The molecule has 3 heterocycles. The van der Waals surface area contributed by atoms with E-state index in [1.807, 2.05) is 11.3 Å². The minimum Gasteiger partial charge on any atom is -0.208 e. The maximum atomic E-state index is 5.20. The van der Waals surface area contributed by atoms with Crippen LogP contribution < -0.4 is 0 Å². The summed E-state index contributed by atoms with van der Waals surface area (Å²) < 4.78 is 5.01. The smallest absolute Gasteiger partial charge is 0.164 e. The SMILES string of the molecule is c1ccc(-c2cccc(-c3ccc(-c4nc(-c5ccc6sc7ccccc7c6c5)nc(-c5cccc6sc7ccccc7c56)n4)cc3)c2)cc1. The van der Waals surface area contributed by atoms with E-state index >= 15 is 0 Å². The number of hydrogen-bond donors (Lipinski definition) is 0. The molecule has 0 spiro atoms. The average Bonchev–Trinajstić information content (AvgIpc) is 3.76. The highest BCUT2D eigenvalue weighted by molar-refractivity contribution is 7.26. The number of nitrogens with zero attached hydrogens (tertiary/aromatic N) is 3. The lowest BCUT2D eigenvalue weighted by atomic mass is 9.98. The molecule has 0 saturated carbocycles. The van der Waals surface area contributed by atoms with Gasteiger partial charge in [0.15, 0.2) is 17.5 Å². The fourth-order valence-electron chi connectivity index (χ4n) is 6.90. The van der Waals surface area contributed by atoms with E-state index in [1.165, 1.54) is 57.0 Å². The number of rotatable bonds is 5. The number of benzene rings is 7. The van der Waals surface area contributed by atoms with Crippen LogP contribution in [0.1, 0.15) is 0 Å². The van der Waals surface area contributed by atoms with Crippen molar-refractivity contribution in [1.82, 2.24) is 15.0 Å². The lowest BCUT2D eigenvalue weighted by Gasteiger charge is -2.11. The van der Waals surface area contributed by atoms with Crippen LogP contribution in [0.15, 0.2) is 164 Å². The molecule has 0 amide bonds. The second-order valence-corrected chi connectivity index (χ2v) is 14.6. The molecular formula is C45H27N3S2. The van der Waals surface area contributed by atoms with Gasteiger partial charge in [0.1, 0.15) is 0 Å². The van der Waals surface area contributed by atoms with Crippen molar-refractivity contribution in [2.45, 2.75) is 0 Å². The maximum absolute atomic E-state index is 5.20. The van der Waals surface area contributed by atoms with E-state index in [9.17, 15) is 0 Å². The first kappa shape index (κ1) is 29.0. The van der Waals surface area contributed by atoms with Crippen LogP contribution in [0.4, 0.5) is 0 Å². The average molecular weight is 674 g/mol. The molecule has 7 aromatic carbocycles. The van der Waals surface area contributed by atoms with E-state index in [2.05, 4.69) is 164 Å². The monoisotopic (exact) mass is 673 g/mol. The topological polar surface area (TPSA) is 38.7 Å². The zero-order valence-electron chi connectivity index (χ0n) is 26.7. The number of fused-ring (bicyclic) bond motifs is 6. The Hall–Kier alpha value is -6.01. The van der Waals surface area contributed by atoms with Crippen LogP contribution in [-0.2, 0) is 0 Å². The second kappa shape index (κ2) is 11.8. The van der Waals surface area contributed by atoms with Crippen molar-refractivity contribution < 1.29 is 0 Å². The molecule has 3 nitrogen and oxygen atoms in total. The predicted octanol–water partition coefficient (Wildman–Crippen LogP) is 12.9.